The molecular weight excluding hydrogens is 220 g/mol. The molecular formula is C12H18N2O3. The first-order chi connectivity index (χ1) is 8.35. The molecule has 17 heavy (non-hydrogen) atoms. The number of benzene rings is 1. The number of nitrogens with one attached hydrogen (secondary N) is 1. The summed E-state index contributed by atoms with van der Waals surface area (Å²) < 4.78 is 16.2. The monoisotopic (exact) mass is 238 g/mol. The Morgan fingerprint density at radius 2 is 2.35 bits per heavy atom. The smallest absolute Gasteiger partial charge is 0.119 e. The molecule has 1 heterocycles. The molecule has 2 rings (SSSR count). The van der Waals surface area contributed by atoms with Crippen molar-refractivity contribution < 1.29 is 14.2 Å². The molecule has 1 saturated heterocycles. The van der Waals surface area contributed by atoms with Crippen LogP contribution in [-0.2, 0) is 9.47 Å². The maximum Gasteiger partial charge on any atom is 0.119 e. The molecule has 1 aliphatic rings. The van der Waals surface area contributed by atoms with Crippen LogP contribution in [0.5, 0.6) is 5.75 Å². The molecule has 1 aliphatic heterocycles. The maximum atomic E-state index is 5.65. The molecule has 1 aromatic rings. The Morgan fingerprint density at radius 3 is 3.00 bits per heavy atom. The first kappa shape index (κ1) is 12.3. The lowest BCUT2D eigenvalue weighted by atomic mass is 10.0. The van der Waals surface area contributed by atoms with Crippen LogP contribution in [0.1, 0.15) is 11.6 Å². The minimum atomic E-state index is -0.0922. The van der Waals surface area contributed by atoms with Gasteiger partial charge in [0.25, 0.3) is 0 Å². The quantitative estimate of drug-likeness (QED) is 0.594. The van der Waals surface area contributed by atoms with Crippen molar-refractivity contribution in [2.75, 3.05) is 26.9 Å². The first-order valence-electron chi connectivity index (χ1n) is 5.64. The van der Waals surface area contributed by atoms with E-state index >= 15 is 0 Å². The van der Waals surface area contributed by atoms with Gasteiger partial charge in [0.2, 0.25) is 0 Å². The van der Waals surface area contributed by atoms with Crippen LogP contribution in [-0.4, -0.2) is 33.0 Å². The van der Waals surface area contributed by atoms with Crippen molar-refractivity contribution in [3.8, 4) is 5.75 Å². The molecule has 0 aromatic heterocycles. The number of hydrogen-bond donors (Lipinski definition) is 2. The predicted octanol–water partition coefficient (Wildman–Crippen LogP) is 0.615. The Labute approximate surface area is 101 Å². The van der Waals surface area contributed by atoms with E-state index in [0.29, 0.717) is 19.8 Å². The normalized spacial score (nSPS) is 22.1. The summed E-state index contributed by atoms with van der Waals surface area (Å²) in [5.41, 5.74) is 3.81. The number of hydrazine groups is 1. The summed E-state index contributed by atoms with van der Waals surface area (Å²) in [6.45, 7) is 1.80. The Morgan fingerprint density at radius 1 is 1.47 bits per heavy atom. The van der Waals surface area contributed by atoms with Gasteiger partial charge in [-0.25, -0.2) is 0 Å². The molecule has 1 aromatic carbocycles. The molecule has 2 unspecified atom stereocenters. The zero-order chi connectivity index (χ0) is 12.1. The van der Waals surface area contributed by atoms with Gasteiger partial charge in [-0.1, -0.05) is 12.1 Å². The highest BCUT2D eigenvalue weighted by atomic mass is 16.6. The molecule has 0 saturated carbocycles. The fourth-order valence-electron chi connectivity index (χ4n) is 1.95. The highest BCUT2D eigenvalue weighted by molar-refractivity contribution is 5.31. The van der Waals surface area contributed by atoms with Gasteiger partial charge >= 0.3 is 0 Å². The van der Waals surface area contributed by atoms with Crippen molar-refractivity contribution in [2.24, 2.45) is 5.84 Å². The number of methoxy groups -OCH3 is 1. The summed E-state index contributed by atoms with van der Waals surface area (Å²) in [5.74, 6) is 6.41. The van der Waals surface area contributed by atoms with Crippen molar-refractivity contribution in [2.45, 2.75) is 12.1 Å². The number of rotatable bonds is 4. The second-order valence-corrected chi connectivity index (χ2v) is 3.91. The SMILES string of the molecule is COc1cccc(C(NN)C2COCCO2)c1. The van der Waals surface area contributed by atoms with Crippen LogP contribution < -0.4 is 16.0 Å². The molecule has 2 atom stereocenters. The lowest BCUT2D eigenvalue weighted by molar-refractivity contribution is -0.102. The Hall–Kier alpha value is -1.14. The topological polar surface area (TPSA) is 65.7 Å². The van der Waals surface area contributed by atoms with Crippen LogP contribution in [0.25, 0.3) is 0 Å². The molecule has 5 heteroatoms. The summed E-state index contributed by atoms with van der Waals surface area (Å²) in [6, 6.07) is 7.68. The Kier molecular flexibility index (Phi) is 4.33. The van der Waals surface area contributed by atoms with E-state index in [-0.39, 0.29) is 12.1 Å². The van der Waals surface area contributed by atoms with Crippen molar-refractivity contribution in [3.63, 3.8) is 0 Å². The summed E-state index contributed by atoms with van der Waals surface area (Å²) in [7, 11) is 1.64. The van der Waals surface area contributed by atoms with Crippen LogP contribution in [0.2, 0.25) is 0 Å². The highest BCUT2D eigenvalue weighted by Crippen LogP contribution is 2.24. The average Bonchev–Trinajstić information content (AvgIpc) is 2.41. The highest BCUT2D eigenvalue weighted by Gasteiger charge is 2.25. The van der Waals surface area contributed by atoms with Gasteiger partial charge in [-0.2, -0.15) is 0 Å². The second kappa shape index (κ2) is 5.97. The Bertz CT molecular complexity index is 353. The van der Waals surface area contributed by atoms with E-state index in [1.807, 2.05) is 24.3 Å². The van der Waals surface area contributed by atoms with Crippen LogP contribution >= 0.6 is 0 Å². The van der Waals surface area contributed by atoms with Gasteiger partial charge in [0.1, 0.15) is 11.9 Å². The average molecular weight is 238 g/mol. The van der Waals surface area contributed by atoms with E-state index in [1.54, 1.807) is 7.11 Å². The van der Waals surface area contributed by atoms with E-state index in [4.69, 9.17) is 20.1 Å². The van der Waals surface area contributed by atoms with Crippen molar-refractivity contribution in [1.29, 1.82) is 0 Å². The van der Waals surface area contributed by atoms with Crippen LogP contribution in [0.3, 0.4) is 0 Å². The molecule has 1 fully saturated rings. The zero-order valence-corrected chi connectivity index (χ0v) is 9.89. The Balaban J connectivity index is 2.15. The van der Waals surface area contributed by atoms with Gasteiger partial charge in [0.05, 0.1) is 33.0 Å². The van der Waals surface area contributed by atoms with E-state index in [2.05, 4.69) is 5.43 Å². The summed E-state index contributed by atoms with van der Waals surface area (Å²) in [4.78, 5) is 0. The second-order valence-electron chi connectivity index (χ2n) is 3.91. The van der Waals surface area contributed by atoms with E-state index in [0.717, 1.165) is 11.3 Å². The molecule has 5 nitrogen and oxygen atoms in total. The van der Waals surface area contributed by atoms with Gasteiger partial charge < -0.3 is 14.2 Å². The predicted molar refractivity (Wildman–Crippen MR) is 63.6 cm³/mol. The fourth-order valence-corrected chi connectivity index (χ4v) is 1.95. The van der Waals surface area contributed by atoms with Gasteiger partial charge in [0.15, 0.2) is 0 Å². The number of hydrogen-bond acceptors (Lipinski definition) is 5. The van der Waals surface area contributed by atoms with Gasteiger partial charge in [-0.15, -0.1) is 0 Å². The minimum Gasteiger partial charge on any atom is -0.497 e. The van der Waals surface area contributed by atoms with E-state index in [9.17, 15) is 0 Å². The third-order valence-corrected chi connectivity index (χ3v) is 2.85. The molecule has 0 aliphatic carbocycles. The molecule has 0 spiro atoms. The van der Waals surface area contributed by atoms with Crippen LogP contribution in [0.15, 0.2) is 24.3 Å². The standard InChI is InChI=1S/C12H18N2O3/c1-15-10-4-2-3-9(7-10)12(14-13)11-8-16-5-6-17-11/h2-4,7,11-12,14H,5-6,8,13H2,1H3. The van der Waals surface area contributed by atoms with Crippen molar-refractivity contribution >= 4 is 0 Å². The molecule has 94 valence electrons. The molecule has 0 amide bonds. The molecule has 0 bridgehead atoms. The van der Waals surface area contributed by atoms with Crippen molar-refractivity contribution in [3.05, 3.63) is 29.8 Å². The van der Waals surface area contributed by atoms with E-state index < -0.39 is 0 Å². The summed E-state index contributed by atoms with van der Waals surface area (Å²) in [6.07, 6.45) is -0.0687. The lowest BCUT2D eigenvalue weighted by Gasteiger charge is -2.30. The van der Waals surface area contributed by atoms with Crippen LogP contribution in [0, 0.1) is 0 Å². The zero-order valence-electron chi connectivity index (χ0n) is 9.89. The number of ether oxygens (including phenoxy) is 3. The third kappa shape index (κ3) is 2.95. The third-order valence-electron chi connectivity index (χ3n) is 2.85. The van der Waals surface area contributed by atoms with Crippen LogP contribution in [0.4, 0.5) is 0 Å². The maximum absolute atomic E-state index is 5.65. The largest absolute Gasteiger partial charge is 0.497 e. The molecule has 3 N–H and O–H groups in total. The van der Waals surface area contributed by atoms with Gasteiger partial charge in [-0.05, 0) is 17.7 Å². The number of nitrogens with two attached hydrogens (primary N) is 1. The van der Waals surface area contributed by atoms with Crippen molar-refractivity contribution in [1.82, 2.24) is 5.43 Å². The molecule has 0 radical (unpaired) electrons. The van der Waals surface area contributed by atoms with Gasteiger partial charge in [0, 0.05) is 0 Å². The summed E-state index contributed by atoms with van der Waals surface area (Å²) >= 11 is 0. The lowest BCUT2D eigenvalue weighted by Crippen LogP contribution is -2.43. The summed E-state index contributed by atoms with van der Waals surface area (Å²) in [5, 5.41) is 0. The van der Waals surface area contributed by atoms with Gasteiger partial charge in [-0.3, -0.25) is 11.3 Å². The first-order valence-corrected chi connectivity index (χ1v) is 5.64. The minimum absolute atomic E-state index is 0.0687. The van der Waals surface area contributed by atoms with E-state index in [1.165, 1.54) is 0 Å². The fraction of sp³-hybridized carbons (Fsp3) is 0.500.